The maximum atomic E-state index is 13.4. The van der Waals surface area contributed by atoms with Crippen LogP contribution in [0, 0.1) is 0 Å². The molecule has 0 saturated carbocycles. The topological polar surface area (TPSA) is 87.7 Å². The predicted molar refractivity (Wildman–Crippen MR) is 125 cm³/mol. The first kappa shape index (κ1) is 21.5. The first-order chi connectivity index (χ1) is 16.2. The summed E-state index contributed by atoms with van der Waals surface area (Å²) in [6.07, 6.45) is 4.93. The van der Waals surface area contributed by atoms with E-state index in [1.165, 1.54) is 12.8 Å². The molecule has 0 spiro atoms. The predicted octanol–water partition coefficient (Wildman–Crippen LogP) is 2.71. The third-order valence-electron chi connectivity index (χ3n) is 6.22. The molecule has 0 aliphatic carbocycles. The fraction of sp³-hybridized carbons (Fsp3) is 0.360. The number of fused-ring (bicyclic) bond motifs is 1. The van der Waals surface area contributed by atoms with Crippen LogP contribution in [-0.4, -0.2) is 70.5 Å². The van der Waals surface area contributed by atoms with Crippen molar-refractivity contribution in [3.63, 3.8) is 0 Å². The number of carbonyl (C=O) groups is 2. The fourth-order valence-corrected chi connectivity index (χ4v) is 4.47. The molecule has 33 heavy (non-hydrogen) atoms. The molecule has 2 saturated heterocycles. The smallest absolute Gasteiger partial charge is 0.255 e. The molecule has 3 aromatic rings. The Morgan fingerprint density at radius 3 is 2.64 bits per heavy atom. The summed E-state index contributed by atoms with van der Waals surface area (Å²) >= 11 is 0. The SMILES string of the molecule is O=C(Nc1ccc2nccnc2c1)C1CN(C(=O)c2ccccc2CN2CCCC2)CCO1. The largest absolute Gasteiger partial charge is 0.365 e. The minimum Gasteiger partial charge on any atom is -0.365 e. The van der Waals surface area contributed by atoms with E-state index in [-0.39, 0.29) is 18.4 Å². The number of amides is 2. The van der Waals surface area contributed by atoms with Crippen LogP contribution < -0.4 is 5.32 Å². The van der Waals surface area contributed by atoms with Crippen molar-refractivity contribution in [1.29, 1.82) is 0 Å². The molecule has 1 aromatic heterocycles. The van der Waals surface area contributed by atoms with E-state index >= 15 is 0 Å². The molecule has 8 heteroatoms. The maximum absolute atomic E-state index is 13.4. The van der Waals surface area contributed by atoms with E-state index < -0.39 is 6.10 Å². The van der Waals surface area contributed by atoms with E-state index in [4.69, 9.17) is 4.74 Å². The van der Waals surface area contributed by atoms with Gasteiger partial charge in [-0.2, -0.15) is 0 Å². The highest BCUT2D eigenvalue weighted by molar-refractivity contribution is 5.98. The Bertz CT molecular complexity index is 1160. The molecule has 2 aromatic carbocycles. The highest BCUT2D eigenvalue weighted by atomic mass is 16.5. The molecule has 3 heterocycles. The van der Waals surface area contributed by atoms with Gasteiger partial charge < -0.3 is 15.0 Å². The molecule has 8 nitrogen and oxygen atoms in total. The molecule has 0 radical (unpaired) electrons. The lowest BCUT2D eigenvalue weighted by atomic mass is 10.0. The zero-order chi connectivity index (χ0) is 22.6. The number of morpholine rings is 1. The van der Waals surface area contributed by atoms with Gasteiger partial charge in [0.05, 0.1) is 24.2 Å². The summed E-state index contributed by atoms with van der Waals surface area (Å²) in [5, 5.41) is 2.89. The van der Waals surface area contributed by atoms with Crippen LogP contribution in [0.25, 0.3) is 11.0 Å². The number of ether oxygens (including phenoxy) is 1. The molecule has 2 aliphatic heterocycles. The van der Waals surface area contributed by atoms with Crippen molar-refractivity contribution in [1.82, 2.24) is 19.8 Å². The Kier molecular flexibility index (Phi) is 6.28. The van der Waals surface area contributed by atoms with Gasteiger partial charge in [0.1, 0.15) is 0 Å². The maximum Gasteiger partial charge on any atom is 0.255 e. The lowest BCUT2D eigenvalue weighted by molar-refractivity contribution is -0.131. The van der Waals surface area contributed by atoms with Crippen LogP contribution in [0.1, 0.15) is 28.8 Å². The fourth-order valence-electron chi connectivity index (χ4n) is 4.47. The average molecular weight is 446 g/mol. The number of hydrogen-bond acceptors (Lipinski definition) is 6. The van der Waals surface area contributed by atoms with E-state index in [1.807, 2.05) is 30.3 Å². The number of hydrogen-bond donors (Lipinski definition) is 1. The quantitative estimate of drug-likeness (QED) is 0.650. The zero-order valence-corrected chi connectivity index (χ0v) is 18.4. The van der Waals surface area contributed by atoms with Gasteiger partial charge in [0.15, 0.2) is 6.10 Å². The van der Waals surface area contributed by atoms with Crippen LogP contribution in [-0.2, 0) is 16.1 Å². The van der Waals surface area contributed by atoms with E-state index in [0.717, 1.165) is 30.7 Å². The number of likely N-dealkylation sites (tertiary alicyclic amines) is 1. The standard InChI is InChI=1S/C25H27N5O3/c31-24(28-19-7-8-21-22(15-19)27-10-9-26-21)23-17-30(13-14-33-23)25(32)20-6-2-1-5-18(20)16-29-11-3-4-12-29/h1-2,5-10,15,23H,3-4,11-14,16-17H2,(H,28,31). The molecule has 1 atom stereocenters. The van der Waals surface area contributed by atoms with Gasteiger partial charge in [-0.3, -0.25) is 24.5 Å². The van der Waals surface area contributed by atoms with E-state index in [9.17, 15) is 9.59 Å². The summed E-state index contributed by atoms with van der Waals surface area (Å²) in [6, 6.07) is 13.2. The van der Waals surface area contributed by atoms with Crippen LogP contribution in [0.2, 0.25) is 0 Å². The molecule has 2 fully saturated rings. The minimum atomic E-state index is -0.731. The second kappa shape index (κ2) is 9.64. The highest BCUT2D eigenvalue weighted by Gasteiger charge is 2.31. The number of rotatable bonds is 5. The molecular formula is C25H27N5O3. The molecule has 5 rings (SSSR count). The lowest BCUT2D eigenvalue weighted by Crippen LogP contribution is -2.50. The van der Waals surface area contributed by atoms with Gasteiger partial charge in [0.25, 0.3) is 11.8 Å². The molecule has 2 aliphatic rings. The van der Waals surface area contributed by atoms with Gasteiger partial charge in [0, 0.05) is 36.7 Å². The third kappa shape index (κ3) is 4.86. The second-order valence-corrected chi connectivity index (χ2v) is 8.50. The third-order valence-corrected chi connectivity index (χ3v) is 6.22. The lowest BCUT2D eigenvalue weighted by Gasteiger charge is -2.33. The Balaban J connectivity index is 1.26. The van der Waals surface area contributed by atoms with E-state index in [1.54, 1.807) is 29.4 Å². The Hall–Kier alpha value is -3.36. The molecule has 1 N–H and O–H groups in total. The number of aromatic nitrogens is 2. The summed E-state index contributed by atoms with van der Waals surface area (Å²) < 4.78 is 5.71. The van der Waals surface area contributed by atoms with Gasteiger partial charge in [0.2, 0.25) is 0 Å². The van der Waals surface area contributed by atoms with Gasteiger partial charge >= 0.3 is 0 Å². The van der Waals surface area contributed by atoms with Crippen LogP contribution in [0.3, 0.4) is 0 Å². The summed E-state index contributed by atoms with van der Waals surface area (Å²) in [7, 11) is 0. The summed E-state index contributed by atoms with van der Waals surface area (Å²) in [5.41, 5.74) is 3.82. The van der Waals surface area contributed by atoms with Gasteiger partial charge in [-0.25, -0.2) is 0 Å². The molecule has 0 bridgehead atoms. The van der Waals surface area contributed by atoms with Crippen molar-refractivity contribution >= 4 is 28.5 Å². The first-order valence-corrected chi connectivity index (χ1v) is 11.4. The minimum absolute atomic E-state index is 0.0492. The van der Waals surface area contributed by atoms with Crippen molar-refractivity contribution in [3.05, 3.63) is 66.0 Å². The summed E-state index contributed by atoms with van der Waals surface area (Å²) in [6.45, 7) is 3.93. The van der Waals surface area contributed by atoms with Gasteiger partial charge in [-0.15, -0.1) is 0 Å². The van der Waals surface area contributed by atoms with Crippen LogP contribution >= 0.6 is 0 Å². The second-order valence-electron chi connectivity index (χ2n) is 8.50. The normalized spacial score (nSPS) is 19.0. The zero-order valence-electron chi connectivity index (χ0n) is 18.4. The van der Waals surface area contributed by atoms with Gasteiger partial charge in [-0.05, 0) is 55.8 Å². The van der Waals surface area contributed by atoms with E-state index in [2.05, 4.69) is 20.2 Å². The van der Waals surface area contributed by atoms with E-state index in [0.29, 0.717) is 29.9 Å². The Labute approximate surface area is 192 Å². The molecule has 1 unspecified atom stereocenters. The van der Waals surface area contributed by atoms with Crippen molar-refractivity contribution in [2.75, 3.05) is 38.1 Å². The van der Waals surface area contributed by atoms with Crippen molar-refractivity contribution in [2.45, 2.75) is 25.5 Å². The van der Waals surface area contributed by atoms with Crippen molar-refractivity contribution < 1.29 is 14.3 Å². The highest BCUT2D eigenvalue weighted by Crippen LogP contribution is 2.20. The summed E-state index contributed by atoms with van der Waals surface area (Å²) in [4.78, 5) is 38.9. The molecule has 2 amide bonds. The summed E-state index contributed by atoms with van der Waals surface area (Å²) in [5.74, 6) is -0.326. The average Bonchev–Trinajstić information content (AvgIpc) is 3.37. The Morgan fingerprint density at radius 1 is 1.00 bits per heavy atom. The monoisotopic (exact) mass is 445 g/mol. The molecule has 170 valence electrons. The first-order valence-electron chi connectivity index (χ1n) is 11.4. The number of carbonyl (C=O) groups excluding carboxylic acids is 2. The van der Waals surface area contributed by atoms with Crippen LogP contribution in [0.5, 0.6) is 0 Å². The van der Waals surface area contributed by atoms with Crippen molar-refractivity contribution in [3.8, 4) is 0 Å². The number of nitrogens with one attached hydrogen (secondary N) is 1. The van der Waals surface area contributed by atoms with Gasteiger partial charge in [-0.1, -0.05) is 18.2 Å². The van der Waals surface area contributed by atoms with Crippen molar-refractivity contribution in [2.24, 2.45) is 0 Å². The number of benzene rings is 2. The number of nitrogens with zero attached hydrogens (tertiary/aromatic N) is 4. The van der Waals surface area contributed by atoms with Crippen LogP contribution in [0.15, 0.2) is 54.9 Å². The molecular weight excluding hydrogens is 418 g/mol. The Morgan fingerprint density at radius 2 is 1.79 bits per heavy atom. The van der Waals surface area contributed by atoms with Crippen LogP contribution in [0.4, 0.5) is 5.69 Å². The number of anilines is 1.